The van der Waals surface area contributed by atoms with Gasteiger partial charge in [0, 0.05) is 13.1 Å². The van der Waals surface area contributed by atoms with Crippen molar-refractivity contribution in [1.29, 1.82) is 0 Å². The highest BCUT2D eigenvalue weighted by Gasteiger charge is 2.11. The summed E-state index contributed by atoms with van der Waals surface area (Å²) >= 11 is 0. The summed E-state index contributed by atoms with van der Waals surface area (Å²) in [6, 6.07) is 2.19. The highest BCUT2D eigenvalue weighted by molar-refractivity contribution is 5.56. The zero-order valence-electron chi connectivity index (χ0n) is 11.2. The van der Waals surface area contributed by atoms with Crippen LogP contribution in [0.4, 0.5) is 26.4 Å². The molecule has 1 aromatic heterocycles. The van der Waals surface area contributed by atoms with Crippen molar-refractivity contribution >= 4 is 17.6 Å². The number of nitrogens with one attached hydrogen (secondary N) is 2. The molecule has 0 atom stereocenters. The Morgan fingerprint density at radius 3 is 2.40 bits per heavy atom. The second-order valence-electron chi connectivity index (χ2n) is 3.93. The number of halogens is 2. The lowest BCUT2D eigenvalue weighted by atomic mass is 10.2. The number of hydrogen-bond donors (Lipinski definition) is 2. The van der Waals surface area contributed by atoms with Gasteiger partial charge in [-0.05, 0) is 18.6 Å². The van der Waals surface area contributed by atoms with E-state index in [0.717, 1.165) is 12.1 Å². The van der Waals surface area contributed by atoms with Crippen molar-refractivity contribution in [2.45, 2.75) is 6.92 Å². The molecule has 0 spiro atoms. The molecule has 6 nitrogen and oxygen atoms in total. The average molecular weight is 281 g/mol. The number of rotatable bonds is 4. The summed E-state index contributed by atoms with van der Waals surface area (Å²) in [5.41, 5.74) is 0.153. The van der Waals surface area contributed by atoms with E-state index >= 15 is 0 Å². The first-order valence-electron chi connectivity index (χ1n) is 5.74. The molecular formula is C12H13F2N5O. The van der Waals surface area contributed by atoms with E-state index in [0.29, 0.717) is 0 Å². The van der Waals surface area contributed by atoms with Gasteiger partial charge < -0.3 is 15.4 Å². The number of ether oxygens (including phenoxy) is 1. The van der Waals surface area contributed by atoms with Crippen molar-refractivity contribution in [2.75, 3.05) is 24.8 Å². The van der Waals surface area contributed by atoms with Crippen LogP contribution in [-0.2, 0) is 0 Å². The topological polar surface area (TPSA) is 72.0 Å². The van der Waals surface area contributed by atoms with Crippen LogP contribution in [0.15, 0.2) is 12.1 Å². The Bertz CT molecular complexity index is 613. The number of aromatic nitrogens is 3. The molecule has 0 bridgehead atoms. The third-order valence-electron chi connectivity index (χ3n) is 2.52. The van der Waals surface area contributed by atoms with E-state index in [4.69, 9.17) is 4.74 Å². The van der Waals surface area contributed by atoms with E-state index in [1.165, 1.54) is 14.0 Å². The maximum Gasteiger partial charge on any atom is 0.322 e. The maximum absolute atomic E-state index is 13.7. The molecule has 20 heavy (non-hydrogen) atoms. The third-order valence-corrected chi connectivity index (χ3v) is 2.52. The Kier molecular flexibility index (Phi) is 3.92. The van der Waals surface area contributed by atoms with Gasteiger partial charge in [-0.2, -0.15) is 15.0 Å². The number of anilines is 3. The van der Waals surface area contributed by atoms with Crippen LogP contribution < -0.4 is 15.4 Å². The molecule has 0 amide bonds. The van der Waals surface area contributed by atoms with E-state index in [9.17, 15) is 8.78 Å². The fourth-order valence-electron chi connectivity index (χ4n) is 1.48. The lowest BCUT2D eigenvalue weighted by molar-refractivity contribution is 0.379. The van der Waals surface area contributed by atoms with Crippen molar-refractivity contribution in [2.24, 2.45) is 0 Å². The molecular weight excluding hydrogens is 268 g/mol. The van der Waals surface area contributed by atoms with Crippen LogP contribution in [0, 0.1) is 18.6 Å². The molecule has 1 aromatic carbocycles. The molecule has 0 aliphatic rings. The van der Waals surface area contributed by atoms with Crippen molar-refractivity contribution < 1.29 is 13.5 Å². The van der Waals surface area contributed by atoms with Gasteiger partial charge in [0.1, 0.15) is 11.6 Å². The molecule has 0 saturated heterocycles. The molecule has 0 unspecified atom stereocenters. The summed E-state index contributed by atoms with van der Waals surface area (Å²) in [7, 11) is 3.01. The predicted molar refractivity (Wildman–Crippen MR) is 70.3 cm³/mol. The monoisotopic (exact) mass is 281 g/mol. The number of hydrogen-bond acceptors (Lipinski definition) is 6. The van der Waals surface area contributed by atoms with Crippen LogP contribution in [-0.4, -0.2) is 29.1 Å². The van der Waals surface area contributed by atoms with Gasteiger partial charge >= 0.3 is 6.01 Å². The van der Waals surface area contributed by atoms with E-state index < -0.39 is 11.6 Å². The molecule has 2 rings (SSSR count). The average Bonchev–Trinajstić information content (AvgIpc) is 2.44. The zero-order chi connectivity index (χ0) is 14.7. The molecule has 2 aromatic rings. The first-order valence-corrected chi connectivity index (χ1v) is 5.74. The van der Waals surface area contributed by atoms with Gasteiger partial charge in [0.15, 0.2) is 0 Å². The van der Waals surface area contributed by atoms with Crippen molar-refractivity contribution in [1.82, 2.24) is 15.0 Å². The molecule has 0 aliphatic heterocycles. The smallest absolute Gasteiger partial charge is 0.322 e. The maximum atomic E-state index is 13.7. The van der Waals surface area contributed by atoms with Gasteiger partial charge in [-0.1, -0.05) is 0 Å². The number of methoxy groups -OCH3 is 1. The number of aryl methyl sites for hydroxylation is 1. The van der Waals surface area contributed by atoms with Gasteiger partial charge in [0.25, 0.3) is 0 Å². The molecule has 2 N–H and O–H groups in total. The minimum absolute atomic E-state index is 0.0448. The van der Waals surface area contributed by atoms with Gasteiger partial charge in [0.05, 0.1) is 12.8 Å². The molecule has 0 aliphatic carbocycles. The largest absolute Gasteiger partial charge is 0.467 e. The van der Waals surface area contributed by atoms with Crippen molar-refractivity contribution in [3.05, 3.63) is 29.3 Å². The van der Waals surface area contributed by atoms with Crippen LogP contribution in [0.5, 0.6) is 6.01 Å². The molecule has 1 heterocycles. The van der Waals surface area contributed by atoms with Crippen LogP contribution in [0.3, 0.4) is 0 Å². The van der Waals surface area contributed by atoms with Crippen LogP contribution in [0.2, 0.25) is 0 Å². The van der Waals surface area contributed by atoms with Crippen LogP contribution in [0.25, 0.3) is 0 Å². The normalized spacial score (nSPS) is 10.2. The fourth-order valence-corrected chi connectivity index (χ4v) is 1.48. The first kappa shape index (κ1) is 13.9. The summed E-state index contributed by atoms with van der Waals surface area (Å²) < 4.78 is 32.1. The first-order chi connectivity index (χ1) is 9.53. The zero-order valence-corrected chi connectivity index (χ0v) is 11.2. The molecule has 0 saturated carbocycles. The number of nitrogens with zero attached hydrogens (tertiary/aromatic N) is 3. The van der Waals surface area contributed by atoms with Gasteiger partial charge in [0.2, 0.25) is 11.9 Å². The minimum Gasteiger partial charge on any atom is -0.467 e. The van der Waals surface area contributed by atoms with E-state index in [2.05, 4.69) is 25.6 Å². The second-order valence-corrected chi connectivity index (χ2v) is 3.93. The Balaban J connectivity index is 2.36. The summed E-state index contributed by atoms with van der Waals surface area (Å²) in [4.78, 5) is 11.8. The quantitative estimate of drug-likeness (QED) is 0.895. The Morgan fingerprint density at radius 2 is 1.75 bits per heavy atom. The molecule has 0 radical (unpaired) electrons. The van der Waals surface area contributed by atoms with Crippen molar-refractivity contribution in [3.8, 4) is 6.01 Å². The minimum atomic E-state index is -0.603. The summed E-state index contributed by atoms with van der Waals surface area (Å²) in [5.74, 6) is -0.839. The SMILES string of the molecule is CNc1nc(Nc2cc(F)c(C)cc2F)nc(OC)n1. The molecule has 8 heteroatoms. The Morgan fingerprint density at radius 1 is 1.05 bits per heavy atom. The van der Waals surface area contributed by atoms with Crippen LogP contribution >= 0.6 is 0 Å². The number of benzene rings is 1. The van der Waals surface area contributed by atoms with E-state index in [1.54, 1.807) is 7.05 Å². The highest BCUT2D eigenvalue weighted by Crippen LogP contribution is 2.22. The summed E-state index contributed by atoms with van der Waals surface area (Å²) in [6.07, 6.45) is 0. The Hall–Kier alpha value is -2.51. The highest BCUT2D eigenvalue weighted by atomic mass is 19.1. The standard InChI is InChI=1S/C12H13F2N5O/c1-6-4-8(14)9(5-7(6)13)16-11-17-10(15-2)18-12(19-11)20-3/h4-5H,1-3H3,(H2,15,16,17,18,19). The van der Waals surface area contributed by atoms with Gasteiger partial charge in [-0.25, -0.2) is 8.78 Å². The lowest BCUT2D eigenvalue weighted by Gasteiger charge is -2.09. The van der Waals surface area contributed by atoms with Gasteiger partial charge in [-0.3, -0.25) is 0 Å². The van der Waals surface area contributed by atoms with E-state index in [-0.39, 0.29) is 29.2 Å². The van der Waals surface area contributed by atoms with Crippen LogP contribution in [0.1, 0.15) is 5.56 Å². The molecule has 0 fully saturated rings. The summed E-state index contributed by atoms with van der Waals surface area (Å²) in [5, 5.41) is 5.31. The molecule has 106 valence electrons. The van der Waals surface area contributed by atoms with Gasteiger partial charge in [-0.15, -0.1) is 0 Å². The third kappa shape index (κ3) is 2.90. The lowest BCUT2D eigenvalue weighted by Crippen LogP contribution is -2.06. The van der Waals surface area contributed by atoms with E-state index in [1.807, 2.05) is 0 Å². The Labute approximate surface area is 114 Å². The second kappa shape index (κ2) is 5.64. The van der Waals surface area contributed by atoms with Crippen molar-refractivity contribution in [3.63, 3.8) is 0 Å². The fraction of sp³-hybridized carbons (Fsp3) is 0.250. The summed E-state index contributed by atoms with van der Waals surface area (Å²) in [6.45, 7) is 1.48. The predicted octanol–water partition coefficient (Wildman–Crippen LogP) is 2.25.